The van der Waals surface area contributed by atoms with E-state index in [-0.39, 0.29) is 12.4 Å². The average Bonchev–Trinajstić information content (AvgIpc) is 2.79. The van der Waals surface area contributed by atoms with Crippen LogP contribution in [0.15, 0.2) is 22.7 Å². The van der Waals surface area contributed by atoms with Crippen LogP contribution in [0.1, 0.15) is 31.2 Å². The Bertz CT molecular complexity index is 441. The quantitative estimate of drug-likeness (QED) is 0.899. The van der Waals surface area contributed by atoms with Gasteiger partial charge < -0.3 is 5.11 Å². The van der Waals surface area contributed by atoms with Gasteiger partial charge in [-0.1, -0.05) is 28.8 Å². The second-order valence-electron chi connectivity index (χ2n) is 5.01. The fourth-order valence-electron chi connectivity index (χ4n) is 2.69. The van der Waals surface area contributed by atoms with E-state index < -0.39 is 5.97 Å². The topological polar surface area (TPSA) is 40.5 Å². The molecule has 1 fully saturated rings. The van der Waals surface area contributed by atoms with Crippen LogP contribution in [-0.2, 0) is 11.3 Å². The maximum atomic E-state index is 13.4. The number of rotatable bonds is 5. The number of carboxylic acid groups (broad SMARTS) is 1. The fraction of sp³-hybridized carbons (Fsp3) is 0.500. The summed E-state index contributed by atoms with van der Waals surface area (Å²) in [5, 5.41) is 9.01. The van der Waals surface area contributed by atoms with Crippen LogP contribution in [0.2, 0.25) is 0 Å². The van der Waals surface area contributed by atoms with Crippen molar-refractivity contribution >= 4 is 21.9 Å². The van der Waals surface area contributed by atoms with Gasteiger partial charge in [-0.25, -0.2) is 4.39 Å². The Morgan fingerprint density at radius 3 is 2.63 bits per heavy atom. The number of halogens is 2. The minimum Gasteiger partial charge on any atom is -0.480 e. The molecular weight excluding hydrogens is 313 g/mol. The van der Waals surface area contributed by atoms with Crippen LogP contribution in [0.5, 0.6) is 0 Å². The molecule has 0 atom stereocenters. The molecule has 5 heteroatoms. The lowest BCUT2D eigenvalue weighted by molar-refractivity contribution is -0.139. The summed E-state index contributed by atoms with van der Waals surface area (Å²) in [6.45, 7) is 0.492. The lowest BCUT2D eigenvalue weighted by Gasteiger charge is -2.27. The van der Waals surface area contributed by atoms with Gasteiger partial charge in [-0.2, -0.15) is 0 Å². The molecule has 0 radical (unpaired) electrons. The molecule has 104 valence electrons. The zero-order chi connectivity index (χ0) is 13.8. The lowest BCUT2D eigenvalue weighted by atomic mass is 10.1. The van der Waals surface area contributed by atoms with Crippen LogP contribution >= 0.6 is 15.9 Å². The highest BCUT2D eigenvalue weighted by Crippen LogP contribution is 2.25. The molecule has 19 heavy (non-hydrogen) atoms. The summed E-state index contributed by atoms with van der Waals surface area (Å²) in [6, 6.07) is 5.01. The van der Waals surface area contributed by atoms with Crippen molar-refractivity contribution in [2.75, 3.05) is 6.54 Å². The van der Waals surface area contributed by atoms with Gasteiger partial charge in [0.2, 0.25) is 0 Å². The van der Waals surface area contributed by atoms with Crippen molar-refractivity contribution in [3.63, 3.8) is 0 Å². The molecule has 0 unspecified atom stereocenters. The van der Waals surface area contributed by atoms with Crippen molar-refractivity contribution in [2.45, 2.75) is 38.3 Å². The van der Waals surface area contributed by atoms with E-state index >= 15 is 0 Å². The second kappa shape index (κ2) is 6.48. The Kier molecular flexibility index (Phi) is 4.93. The molecule has 0 aromatic heterocycles. The Labute approximate surface area is 120 Å². The molecule has 1 aromatic rings. The van der Waals surface area contributed by atoms with Crippen LogP contribution in [0, 0.1) is 5.82 Å². The summed E-state index contributed by atoms with van der Waals surface area (Å²) in [4.78, 5) is 12.9. The summed E-state index contributed by atoms with van der Waals surface area (Å²) in [5.74, 6) is -1.13. The van der Waals surface area contributed by atoms with Gasteiger partial charge in [0, 0.05) is 17.1 Å². The van der Waals surface area contributed by atoms with E-state index in [1.54, 1.807) is 0 Å². The number of benzene rings is 1. The van der Waals surface area contributed by atoms with Gasteiger partial charge >= 0.3 is 5.97 Å². The number of hydrogen-bond acceptors (Lipinski definition) is 2. The third-order valence-electron chi connectivity index (χ3n) is 3.49. The molecule has 0 spiro atoms. The van der Waals surface area contributed by atoms with E-state index in [1.807, 2.05) is 11.0 Å². The van der Waals surface area contributed by atoms with Crippen LogP contribution in [0.25, 0.3) is 0 Å². The first kappa shape index (κ1) is 14.5. The maximum absolute atomic E-state index is 13.4. The van der Waals surface area contributed by atoms with E-state index in [0.717, 1.165) is 31.2 Å². The molecule has 0 bridgehead atoms. The number of hydrogen-bond donors (Lipinski definition) is 1. The highest BCUT2D eigenvalue weighted by atomic mass is 79.9. The lowest BCUT2D eigenvalue weighted by Crippen LogP contribution is -2.37. The average molecular weight is 330 g/mol. The number of carboxylic acids is 1. The van der Waals surface area contributed by atoms with Gasteiger partial charge in [0.1, 0.15) is 5.82 Å². The molecule has 0 saturated heterocycles. The summed E-state index contributed by atoms with van der Waals surface area (Å²) in [6.07, 6.45) is 4.36. The van der Waals surface area contributed by atoms with Crippen LogP contribution in [0.4, 0.5) is 4.39 Å². The predicted octanol–water partition coefficient (Wildman–Crippen LogP) is 3.42. The molecule has 1 N–H and O–H groups in total. The molecule has 3 nitrogen and oxygen atoms in total. The first-order chi connectivity index (χ1) is 9.04. The van der Waals surface area contributed by atoms with Gasteiger partial charge in [0.05, 0.1) is 6.54 Å². The zero-order valence-corrected chi connectivity index (χ0v) is 12.2. The van der Waals surface area contributed by atoms with Crippen LogP contribution in [-0.4, -0.2) is 28.6 Å². The Hall–Kier alpha value is -0.940. The highest BCUT2D eigenvalue weighted by molar-refractivity contribution is 9.10. The first-order valence-corrected chi connectivity index (χ1v) is 7.25. The summed E-state index contributed by atoms with van der Waals surface area (Å²) < 4.78 is 14.0. The monoisotopic (exact) mass is 329 g/mol. The third kappa shape index (κ3) is 4.28. The van der Waals surface area contributed by atoms with Gasteiger partial charge in [0.25, 0.3) is 0 Å². The van der Waals surface area contributed by atoms with Crippen molar-refractivity contribution in [3.8, 4) is 0 Å². The standard InChI is InChI=1S/C14H17BrFNO2/c15-11-5-10(6-12(16)7-11)8-17(9-14(18)19)13-3-1-2-4-13/h5-7,13H,1-4,8-9H2,(H,18,19). The molecule has 1 aliphatic rings. The molecular formula is C14H17BrFNO2. The van der Waals surface area contributed by atoms with Crippen LogP contribution < -0.4 is 0 Å². The first-order valence-electron chi connectivity index (χ1n) is 6.45. The molecule has 0 amide bonds. The molecule has 0 aliphatic heterocycles. The van der Waals surface area contributed by atoms with Crippen LogP contribution in [0.3, 0.4) is 0 Å². The Morgan fingerprint density at radius 2 is 2.05 bits per heavy atom. The van der Waals surface area contributed by atoms with Crippen molar-refractivity contribution in [3.05, 3.63) is 34.1 Å². The number of carbonyl (C=O) groups is 1. The highest BCUT2D eigenvalue weighted by Gasteiger charge is 2.24. The fourth-order valence-corrected chi connectivity index (χ4v) is 3.21. The molecule has 1 aliphatic carbocycles. The summed E-state index contributed by atoms with van der Waals surface area (Å²) >= 11 is 3.26. The van der Waals surface area contributed by atoms with Gasteiger partial charge in [-0.15, -0.1) is 0 Å². The van der Waals surface area contributed by atoms with E-state index in [4.69, 9.17) is 5.11 Å². The largest absolute Gasteiger partial charge is 0.480 e. The van der Waals surface area contributed by atoms with Gasteiger partial charge in [-0.3, -0.25) is 9.69 Å². The smallest absolute Gasteiger partial charge is 0.317 e. The normalized spacial score (nSPS) is 16.2. The molecule has 1 aromatic carbocycles. The van der Waals surface area contributed by atoms with Gasteiger partial charge in [-0.05, 0) is 36.6 Å². The van der Waals surface area contributed by atoms with Crippen molar-refractivity contribution in [2.24, 2.45) is 0 Å². The minimum atomic E-state index is -0.831. The minimum absolute atomic E-state index is 0.0127. The number of aliphatic carboxylic acids is 1. The third-order valence-corrected chi connectivity index (χ3v) is 3.95. The van der Waals surface area contributed by atoms with E-state index in [1.165, 1.54) is 12.1 Å². The summed E-state index contributed by atoms with van der Waals surface area (Å²) in [5.41, 5.74) is 0.806. The van der Waals surface area contributed by atoms with Crippen molar-refractivity contribution in [1.82, 2.24) is 4.90 Å². The molecule has 0 heterocycles. The molecule has 1 saturated carbocycles. The van der Waals surface area contributed by atoms with Gasteiger partial charge in [0.15, 0.2) is 0 Å². The van der Waals surface area contributed by atoms with Crippen molar-refractivity contribution in [1.29, 1.82) is 0 Å². The zero-order valence-electron chi connectivity index (χ0n) is 10.6. The van der Waals surface area contributed by atoms with E-state index in [2.05, 4.69) is 15.9 Å². The Balaban J connectivity index is 2.11. The SMILES string of the molecule is O=C(O)CN(Cc1cc(F)cc(Br)c1)C1CCCC1. The Morgan fingerprint density at radius 1 is 1.37 bits per heavy atom. The second-order valence-corrected chi connectivity index (χ2v) is 5.93. The number of nitrogens with zero attached hydrogens (tertiary/aromatic N) is 1. The van der Waals surface area contributed by atoms with Crippen molar-refractivity contribution < 1.29 is 14.3 Å². The predicted molar refractivity (Wildman–Crippen MR) is 74.4 cm³/mol. The van der Waals surface area contributed by atoms with E-state index in [9.17, 15) is 9.18 Å². The van der Waals surface area contributed by atoms with E-state index in [0.29, 0.717) is 17.1 Å². The summed E-state index contributed by atoms with van der Waals surface area (Å²) in [7, 11) is 0. The molecule has 2 rings (SSSR count). The maximum Gasteiger partial charge on any atom is 0.317 e.